The molecule has 0 aromatic carbocycles. The van der Waals surface area contributed by atoms with E-state index in [2.05, 4.69) is 4.98 Å². The molecule has 11 heavy (non-hydrogen) atoms. The zero-order valence-electron chi connectivity index (χ0n) is 6.22. The second-order valence-electron chi connectivity index (χ2n) is 2.17. The smallest absolute Gasteiger partial charge is 0.178 e. The maximum absolute atomic E-state index is 11.0. The summed E-state index contributed by atoms with van der Waals surface area (Å²) >= 11 is 0. The summed E-state index contributed by atoms with van der Waals surface area (Å²) in [5, 5.41) is 8.41. The van der Waals surface area contributed by atoms with Crippen LogP contribution in [0.15, 0.2) is 12.1 Å². The predicted octanol–water partition coefficient (Wildman–Crippen LogP) is 1.48. The van der Waals surface area contributed by atoms with Crippen molar-refractivity contribution < 1.29 is 4.79 Å². The van der Waals surface area contributed by atoms with Gasteiger partial charge in [0.1, 0.15) is 11.8 Å². The first-order valence-electron chi connectivity index (χ1n) is 3.40. The number of nitriles is 1. The van der Waals surface area contributed by atoms with Gasteiger partial charge in [0.05, 0.1) is 5.69 Å². The second kappa shape index (κ2) is 3.02. The molecule has 0 saturated heterocycles. The van der Waals surface area contributed by atoms with E-state index in [-0.39, 0.29) is 5.78 Å². The molecule has 0 unspecified atom stereocenters. The highest BCUT2D eigenvalue weighted by Crippen LogP contribution is 2.02. The van der Waals surface area contributed by atoms with Gasteiger partial charge in [0, 0.05) is 6.42 Å². The molecule has 1 aromatic heterocycles. The number of nitrogens with zero attached hydrogens (tertiary/aromatic N) is 1. The van der Waals surface area contributed by atoms with Crippen LogP contribution in [0.5, 0.6) is 0 Å². The molecule has 0 spiro atoms. The van der Waals surface area contributed by atoms with Gasteiger partial charge in [-0.2, -0.15) is 5.26 Å². The van der Waals surface area contributed by atoms with E-state index in [9.17, 15) is 4.79 Å². The number of aromatic amines is 1. The Kier molecular flexibility index (Phi) is 2.07. The number of rotatable bonds is 2. The molecule has 0 fully saturated rings. The van der Waals surface area contributed by atoms with E-state index in [1.54, 1.807) is 19.1 Å². The zero-order valence-corrected chi connectivity index (χ0v) is 6.22. The molecule has 0 amide bonds. The molecule has 1 heterocycles. The van der Waals surface area contributed by atoms with Crippen molar-refractivity contribution in [3.63, 3.8) is 0 Å². The largest absolute Gasteiger partial charge is 0.344 e. The monoisotopic (exact) mass is 148 g/mol. The Hall–Kier alpha value is -1.56. The van der Waals surface area contributed by atoms with Crippen molar-refractivity contribution >= 4 is 5.78 Å². The molecular weight excluding hydrogens is 140 g/mol. The molecule has 56 valence electrons. The fourth-order valence-corrected chi connectivity index (χ4v) is 0.813. The molecule has 0 radical (unpaired) electrons. The van der Waals surface area contributed by atoms with Crippen LogP contribution in [0.4, 0.5) is 0 Å². The molecule has 3 heteroatoms. The van der Waals surface area contributed by atoms with E-state index in [1.807, 2.05) is 6.07 Å². The lowest BCUT2D eigenvalue weighted by Gasteiger charge is -1.88. The molecule has 0 aliphatic rings. The average Bonchev–Trinajstić information content (AvgIpc) is 2.50. The van der Waals surface area contributed by atoms with E-state index in [0.717, 1.165) is 0 Å². The van der Waals surface area contributed by atoms with Gasteiger partial charge >= 0.3 is 0 Å². The van der Waals surface area contributed by atoms with Crippen molar-refractivity contribution in [3.05, 3.63) is 23.5 Å². The first kappa shape index (κ1) is 7.55. The summed E-state index contributed by atoms with van der Waals surface area (Å²) in [4.78, 5) is 13.7. The number of hydrogen-bond donors (Lipinski definition) is 1. The van der Waals surface area contributed by atoms with Crippen molar-refractivity contribution in [3.8, 4) is 6.07 Å². The van der Waals surface area contributed by atoms with Crippen molar-refractivity contribution in [1.29, 1.82) is 5.26 Å². The van der Waals surface area contributed by atoms with Crippen molar-refractivity contribution in [2.75, 3.05) is 0 Å². The minimum atomic E-state index is 0.0338. The quantitative estimate of drug-likeness (QED) is 0.646. The molecule has 1 rings (SSSR count). The van der Waals surface area contributed by atoms with Crippen LogP contribution in [0.1, 0.15) is 29.5 Å². The summed E-state index contributed by atoms with van der Waals surface area (Å²) in [6, 6.07) is 5.15. The summed E-state index contributed by atoms with van der Waals surface area (Å²) in [6.07, 6.45) is 0.464. The number of carbonyl (C=O) groups is 1. The van der Waals surface area contributed by atoms with Crippen molar-refractivity contribution in [2.45, 2.75) is 13.3 Å². The van der Waals surface area contributed by atoms with E-state index in [0.29, 0.717) is 17.8 Å². The first-order valence-corrected chi connectivity index (χ1v) is 3.40. The van der Waals surface area contributed by atoms with Crippen LogP contribution in [-0.2, 0) is 0 Å². The molecule has 0 aliphatic carbocycles. The highest BCUT2D eigenvalue weighted by Gasteiger charge is 2.04. The van der Waals surface area contributed by atoms with Gasteiger partial charge in [0.2, 0.25) is 0 Å². The van der Waals surface area contributed by atoms with Gasteiger partial charge in [-0.1, -0.05) is 6.92 Å². The van der Waals surface area contributed by atoms with Crippen LogP contribution in [0.3, 0.4) is 0 Å². The molecule has 0 bridgehead atoms. The number of nitrogens with one attached hydrogen (secondary N) is 1. The van der Waals surface area contributed by atoms with Gasteiger partial charge in [-0.05, 0) is 12.1 Å². The molecule has 0 saturated carbocycles. The summed E-state index contributed by atoms with van der Waals surface area (Å²) in [7, 11) is 0. The zero-order chi connectivity index (χ0) is 8.27. The summed E-state index contributed by atoms with van der Waals surface area (Å²) < 4.78 is 0. The number of carbonyl (C=O) groups excluding carboxylic acids is 1. The van der Waals surface area contributed by atoms with Gasteiger partial charge in [-0.3, -0.25) is 4.79 Å². The Balaban J connectivity index is 2.91. The second-order valence-corrected chi connectivity index (χ2v) is 2.17. The number of ketones is 1. The topological polar surface area (TPSA) is 56.6 Å². The fourth-order valence-electron chi connectivity index (χ4n) is 0.813. The SMILES string of the molecule is CCC(=O)c1ccc(C#N)[nH]1. The normalized spacial score (nSPS) is 9.09. The van der Waals surface area contributed by atoms with Crippen molar-refractivity contribution in [1.82, 2.24) is 4.98 Å². The Morgan fingerprint density at radius 2 is 2.45 bits per heavy atom. The number of hydrogen-bond acceptors (Lipinski definition) is 2. The van der Waals surface area contributed by atoms with E-state index < -0.39 is 0 Å². The number of H-pyrrole nitrogens is 1. The summed E-state index contributed by atoms with van der Waals surface area (Å²) in [5.74, 6) is 0.0338. The van der Waals surface area contributed by atoms with E-state index in [1.165, 1.54) is 0 Å². The fraction of sp³-hybridized carbons (Fsp3) is 0.250. The van der Waals surface area contributed by atoms with Crippen LogP contribution >= 0.6 is 0 Å². The Morgan fingerprint density at radius 3 is 2.91 bits per heavy atom. The van der Waals surface area contributed by atoms with Gasteiger partial charge in [-0.15, -0.1) is 0 Å². The maximum atomic E-state index is 11.0. The van der Waals surface area contributed by atoms with Gasteiger partial charge in [0.15, 0.2) is 5.78 Å². The van der Waals surface area contributed by atoms with Crippen LogP contribution in [-0.4, -0.2) is 10.8 Å². The lowest BCUT2D eigenvalue weighted by atomic mass is 10.2. The average molecular weight is 148 g/mol. The van der Waals surface area contributed by atoms with Crippen LogP contribution in [0, 0.1) is 11.3 Å². The highest BCUT2D eigenvalue weighted by atomic mass is 16.1. The summed E-state index contributed by atoms with van der Waals surface area (Å²) in [5.41, 5.74) is 0.950. The number of Topliss-reactive ketones (excluding diaryl/α,β-unsaturated/α-hetero) is 1. The third-order valence-corrected chi connectivity index (χ3v) is 1.43. The van der Waals surface area contributed by atoms with E-state index >= 15 is 0 Å². The van der Waals surface area contributed by atoms with Crippen LogP contribution in [0.25, 0.3) is 0 Å². The highest BCUT2D eigenvalue weighted by molar-refractivity contribution is 5.94. The lowest BCUT2D eigenvalue weighted by molar-refractivity contribution is 0.0984. The Labute approximate surface area is 64.7 Å². The van der Waals surface area contributed by atoms with Crippen LogP contribution < -0.4 is 0 Å². The summed E-state index contributed by atoms with van der Waals surface area (Å²) in [6.45, 7) is 1.79. The van der Waals surface area contributed by atoms with Crippen LogP contribution in [0.2, 0.25) is 0 Å². The maximum Gasteiger partial charge on any atom is 0.178 e. The lowest BCUT2D eigenvalue weighted by Crippen LogP contribution is -1.95. The molecule has 3 nitrogen and oxygen atoms in total. The molecule has 0 aliphatic heterocycles. The minimum absolute atomic E-state index is 0.0338. The van der Waals surface area contributed by atoms with Crippen molar-refractivity contribution in [2.24, 2.45) is 0 Å². The van der Waals surface area contributed by atoms with Gasteiger partial charge in [0.25, 0.3) is 0 Å². The molecule has 1 aromatic rings. The minimum Gasteiger partial charge on any atom is -0.344 e. The molecule has 0 atom stereocenters. The van der Waals surface area contributed by atoms with Gasteiger partial charge in [-0.25, -0.2) is 0 Å². The van der Waals surface area contributed by atoms with Gasteiger partial charge < -0.3 is 4.98 Å². The predicted molar refractivity (Wildman–Crippen MR) is 40.1 cm³/mol. The standard InChI is InChI=1S/C8H8N2O/c1-2-8(11)7-4-3-6(5-9)10-7/h3-4,10H,2H2,1H3. The number of aromatic nitrogens is 1. The van der Waals surface area contributed by atoms with E-state index in [4.69, 9.17) is 5.26 Å². The molecular formula is C8H8N2O. The third kappa shape index (κ3) is 1.47. The first-order chi connectivity index (χ1) is 5.27. The Bertz CT molecular complexity index is 306. The molecule has 1 N–H and O–H groups in total. The third-order valence-electron chi connectivity index (χ3n) is 1.43. The Morgan fingerprint density at radius 1 is 1.73 bits per heavy atom.